The van der Waals surface area contributed by atoms with Gasteiger partial charge < -0.3 is 14.0 Å². The minimum Gasteiger partial charge on any atom is -0.497 e. The van der Waals surface area contributed by atoms with Crippen molar-refractivity contribution in [2.24, 2.45) is 0 Å². The number of fused-ring (bicyclic) bond motifs is 1. The first kappa shape index (κ1) is 15.5. The summed E-state index contributed by atoms with van der Waals surface area (Å²) in [5.74, 6) is 1.69. The van der Waals surface area contributed by atoms with Crippen molar-refractivity contribution in [2.75, 3.05) is 7.11 Å². The number of hydrogen-bond acceptors (Lipinski definition) is 2. The summed E-state index contributed by atoms with van der Waals surface area (Å²) in [6.45, 7) is 7.10. The van der Waals surface area contributed by atoms with E-state index in [-0.39, 0.29) is 0 Å². The number of methoxy groups -OCH3 is 1. The van der Waals surface area contributed by atoms with Crippen LogP contribution in [0.2, 0.25) is 0 Å². The van der Waals surface area contributed by atoms with Gasteiger partial charge in [-0.1, -0.05) is 12.1 Å². The Hall–Kier alpha value is -2.42. The molecule has 1 heterocycles. The maximum atomic E-state index is 5.97. The van der Waals surface area contributed by atoms with E-state index in [1.807, 2.05) is 24.3 Å². The zero-order valence-corrected chi connectivity index (χ0v) is 14.2. The monoisotopic (exact) mass is 309 g/mol. The molecule has 2 aromatic carbocycles. The highest BCUT2D eigenvalue weighted by Gasteiger charge is 2.12. The van der Waals surface area contributed by atoms with Crippen LogP contribution in [-0.4, -0.2) is 11.7 Å². The van der Waals surface area contributed by atoms with Crippen molar-refractivity contribution in [3.05, 3.63) is 59.8 Å². The third-order valence-corrected chi connectivity index (χ3v) is 4.04. The maximum Gasteiger partial charge on any atom is 0.128 e. The second-order valence-corrected chi connectivity index (χ2v) is 6.13. The van der Waals surface area contributed by atoms with Gasteiger partial charge in [-0.25, -0.2) is 0 Å². The molecule has 3 heteroatoms. The molecule has 0 bridgehead atoms. The molecule has 0 atom stereocenters. The first-order valence-electron chi connectivity index (χ1n) is 7.96. The SMILES string of the molecule is COc1ccc(OCc2cc3ccc(C)cc3n2C(C)C)cc1. The highest BCUT2D eigenvalue weighted by molar-refractivity contribution is 5.82. The molecule has 0 fully saturated rings. The molecular weight excluding hydrogens is 286 g/mol. The summed E-state index contributed by atoms with van der Waals surface area (Å²) < 4.78 is 13.5. The third-order valence-electron chi connectivity index (χ3n) is 4.04. The second kappa shape index (κ2) is 6.37. The van der Waals surface area contributed by atoms with Crippen LogP contribution >= 0.6 is 0 Å². The predicted molar refractivity (Wildman–Crippen MR) is 94.4 cm³/mol. The van der Waals surface area contributed by atoms with Crippen LogP contribution in [-0.2, 0) is 6.61 Å². The molecule has 3 nitrogen and oxygen atoms in total. The van der Waals surface area contributed by atoms with Crippen molar-refractivity contribution in [3.8, 4) is 11.5 Å². The summed E-state index contributed by atoms with van der Waals surface area (Å²) in [7, 11) is 1.67. The normalized spacial score (nSPS) is 11.2. The molecule has 0 saturated carbocycles. The molecule has 0 unspecified atom stereocenters. The summed E-state index contributed by atoms with van der Waals surface area (Å²) in [5, 5.41) is 1.26. The van der Waals surface area contributed by atoms with E-state index in [1.165, 1.54) is 22.2 Å². The lowest BCUT2D eigenvalue weighted by Gasteiger charge is -2.15. The van der Waals surface area contributed by atoms with Crippen molar-refractivity contribution >= 4 is 10.9 Å². The first-order valence-corrected chi connectivity index (χ1v) is 7.96. The van der Waals surface area contributed by atoms with E-state index < -0.39 is 0 Å². The van der Waals surface area contributed by atoms with Crippen LogP contribution in [0.15, 0.2) is 48.5 Å². The molecule has 0 N–H and O–H groups in total. The van der Waals surface area contributed by atoms with Crippen molar-refractivity contribution in [2.45, 2.75) is 33.4 Å². The van der Waals surface area contributed by atoms with Gasteiger partial charge in [0.1, 0.15) is 18.1 Å². The number of aryl methyl sites for hydroxylation is 1. The molecule has 0 aliphatic heterocycles. The molecule has 0 aliphatic rings. The van der Waals surface area contributed by atoms with E-state index in [1.54, 1.807) is 7.11 Å². The zero-order chi connectivity index (χ0) is 16.4. The average molecular weight is 309 g/mol. The van der Waals surface area contributed by atoms with Gasteiger partial charge in [0, 0.05) is 16.9 Å². The van der Waals surface area contributed by atoms with Crippen LogP contribution in [0, 0.1) is 6.92 Å². The fourth-order valence-corrected chi connectivity index (χ4v) is 2.94. The molecule has 0 amide bonds. The Bertz CT molecular complexity index is 800. The smallest absolute Gasteiger partial charge is 0.128 e. The van der Waals surface area contributed by atoms with Crippen LogP contribution in [0.1, 0.15) is 31.1 Å². The highest BCUT2D eigenvalue weighted by Crippen LogP contribution is 2.26. The molecule has 1 aromatic heterocycles. The van der Waals surface area contributed by atoms with Gasteiger partial charge in [0.15, 0.2) is 0 Å². The molecule has 0 saturated heterocycles. The summed E-state index contributed by atoms with van der Waals surface area (Å²) in [5.41, 5.74) is 3.74. The number of ether oxygens (including phenoxy) is 2. The molecule has 0 radical (unpaired) electrons. The van der Waals surface area contributed by atoms with Gasteiger partial charge in [0.2, 0.25) is 0 Å². The van der Waals surface area contributed by atoms with E-state index in [0.29, 0.717) is 12.6 Å². The van der Waals surface area contributed by atoms with Crippen molar-refractivity contribution in [1.82, 2.24) is 4.57 Å². The molecule has 0 aliphatic carbocycles. The third kappa shape index (κ3) is 3.19. The van der Waals surface area contributed by atoms with Crippen molar-refractivity contribution in [1.29, 1.82) is 0 Å². The second-order valence-electron chi connectivity index (χ2n) is 6.13. The summed E-state index contributed by atoms with van der Waals surface area (Å²) in [4.78, 5) is 0. The minimum absolute atomic E-state index is 0.392. The molecule has 3 aromatic rings. The zero-order valence-electron chi connectivity index (χ0n) is 14.2. The summed E-state index contributed by atoms with van der Waals surface area (Å²) in [6, 6.07) is 16.9. The van der Waals surface area contributed by atoms with Crippen LogP contribution in [0.4, 0.5) is 0 Å². The minimum atomic E-state index is 0.392. The van der Waals surface area contributed by atoms with Gasteiger partial charge in [0.05, 0.1) is 12.8 Å². The van der Waals surface area contributed by atoms with Crippen LogP contribution in [0.5, 0.6) is 11.5 Å². The van der Waals surface area contributed by atoms with E-state index in [9.17, 15) is 0 Å². The van der Waals surface area contributed by atoms with E-state index >= 15 is 0 Å². The Morgan fingerprint density at radius 1 is 0.957 bits per heavy atom. The Morgan fingerprint density at radius 2 is 1.65 bits per heavy atom. The Kier molecular flexibility index (Phi) is 4.28. The standard InChI is InChI=1S/C20H23NO2/c1-14(2)21-17(12-16-6-5-15(3)11-20(16)21)13-23-19-9-7-18(22-4)8-10-19/h5-12,14H,13H2,1-4H3. The Morgan fingerprint density at radius 3 is 2.30 bits per heavy atom. The number of nitrogens with zero attached hydrogens (tertiary/aromatic N) is 1. The average Bonchev–Trinajstić information content (AvgIpc) is 2.91. The van der Waals surface area contributed by atoms with Crippen LogP contribution < -0.4 is 9.47 Å². The van der Waals surface area contributed by atoms with Gasteiger partial charge in [0.25, 0.3) is 0 Å². The Labute approximate surface area is 137 Å². The molecule has 120 valence electrons. The molecule has 0 spiro atoms. The lowest BCUT2D eigenvalue weighted by Crippen LogP contribution is -2.08. The lowest BCUT2D eigenvalue weighted by molar-refractivity contribution is 0.292. The number of rotatable bonds is 5. The fraction of sp³-hybridized carbons (Fsp3) is 0.300. The number of hydrogen-bond donors (Lipinski definition) is 0. The Balaban J connectivity index is 1.88. The summed E-state index contributed by atoms with van der Waals surface area (Å²) in [6.07, 6.45) is 0. The predicted octanol–water partition coefficient (Wildman–Crippen LogP) is 5.12. The van der Waals surface area contributed by atoms with Crippen LogP contribution in [0.25, 0.3) is 10.9 Å². The van der Waals surface area contributed by atoms with Gasteiger partial charge in [-0.05, 0) is 62.7 Å². The molecular formula is C20H23NO2. The van der Waals surface area contributed by atoms with E-state index in [2.05, 4.69) is 49.6 Å². The van der Waals surface area contributed by atoms with Gasteiger partial charge in [-0.3, -0.25) is 0 Å². The molecule has 3 rings (SSSR count). The number of aromatic nitrogens is 1. The first-order chi connectivity index (χ1) is 11.1. The topological polar surface area (TPSA) is 23.4 Å². The largest absolute Gasteiger partial charge is 0.497 e. The van der Waals surface area contributed by atoms with Gasteiger partial charge >= 0.3 is 0 Å². The fourth-order valence-electron chi connectivity index (χ4n) is 2.94. The lowest BCUT2D eigenvalue weighted by atomic mass is 10.2. The van der Waals surface area contributed by atoms with E-state index in [4.69, 9.17) is 9.47 Å². The maximum absolute atomic E-state index is 5.97. The highest BCUT2D eigenvalue weighted by atomic mass is 16.5. The van der Waals surface area contributed by atoms with Gasteiger partial charge in [-0.15, -0.1) is 0 Å². The van der Waals surface area contributed by atoms with E-state index in [0.717, 1.165) is 11.5 Å². The van der Waals surface area contributed by atoms with Crippen LogP contribution in [0.3, 0.4) is 0 Å². The molecule has 23 heavy (non-hydrogen) atoms. The quantitative estimate of drug-likeness (QED) is 0.653. The summed E-state index contributed by atoms with van der Waals surface area (Å²) >= 11 is 0. The van der Waals surface area contributed by atoms with Gasteiger partial charge in [-0.2, -0.15) is 0 Å². The van der Waals surface area contributed by atoms with Crippen molar-refractivity contribution in [3.63, 3.8) is 0 Å². The van der Waals surface area contributed by atoms with Crippen molar-refractivity contribution < 1.29 is 9.47 Å². The number of benzene rings is 2.